The van der Waals surface area contributed by atoms with Crippen molar-refractivity contribution in [2.75, 3.05) is 26.8 Å². The summed E-state index contributed by atoms with van der Waals surface area (Å²) >= 11 is 6.88. The molecule has 2 fully saturated rings. The number of likely N-dealkylation sites (tertiary alicyclic amines) is 1. The van der Waals surface area contributed by atoms with Crippen molar-refractivity contribution in [1.82, 2.24) is 9.88 Å². The minimum Gasteiger partial charge on any atom is -0.391 e. The number of fused-ring (bicyclic) bond motifs is 1. The van der Waals surface area contributed by atoms with Gasteiger partial charge in [-0.05, 0) is 68.7 Å². The topological polar surface area (TPSA) is 109 Å². The molecule has 2 heterocycles. The molecular formula is C32H40ClN3O4. The number of aliphatic hydroxyl groups is 2. The molecule has 5 rings (SSSR count). The van der Waals surface area contributed by atoms with Gasteiger partial charge >= 0.3 is 0 Å². The zero-order chi connectivity index (χ0) is 28.3. The van der Waals surface area contributed by atoms with Gasteiger partial charge in [0, 0.05) is 72.4 Å². The maximum absolute atomic E-state index is 13.5. The average molecular weight is 566 g/mol. The van der Waals surface area contributed by atoms with Crippen molar-refractivity contribution in [2.45, 2.75) is 62.7 Å². The van der Waals surface area contributed by atoms with E-state index >= 15 is 0 Å². The van der Waals surface area contributed by atoms with Crippen LogP contribution in [0.4, 0.5) is 0 Å². The number of rotatable bonds is 9. The summed E-state index contributed by atoms with van der Waals surface area (Å²) in [6.07, 6.45) is 5.77. The smallest absolute Gasteiger partial charge is 0.225 e. The molecule has 8 heteroatoms. The van der Waals surface area contributed by atoms with Gasteiger partial charge in [0.05, 0.1) is 17.2 Å². The largest absolute Gasteiger partial charge is 0.391 e. The third-order valence-corrected chi connectivity index (χ3v) is 9.17. The number of nitrogens with zero attached hydrogens (tertiary/aromatic N) is 2. The molecule has 5 atom stereocenters. The Balaban J connectivity index is 1.51. The van der Waals surface area contributed by atoms with Crippen LogP contribution in [0.5, 0.6) is 0 Å². The molecule has 1 unspecified atom stereocenters. The van der Waals surface area contributed by atoms with Crippen LogP contribution in [-0.4, -0.2) is 65.0 Å². The van der Waals surface area contributed by atoms with Crippen LogP contribution in [0.25, 0.3) is 22.0 Å². The first kappa shape index (κ1) is 29.0. The Labute approximate surface area is 241 Å². The van der Waals surface area contributed by atoms with E-state index in [0.717, 1.165) is 53.3 Å². The van der Waals surface area contributed by atoms with Gasteiger partial charge in [-0.15, -0.1) is 0 Å². The Morgan fingerprint density at radius 1 is 1.20 bits per heavy atom. The fourth-order valence-corrected chi connectivity index (χ4v) is 6.94. The van der Waals surface area contributed by atoms with Gasteiger partial charge in [0.2, 0.25) is 5.91 Å². The van der Waals surface area contributed by atoms with Gasteiger partial charge in [-0.1, -0.05) is 41.9 Å². The van der Waals surface area contributed by atoms with Crippen molar-refractivity contribution < 1.29 is 19.7 Å². The number of unbranched alkanes of at least 4 members (excludes halogenated alkanes) is 1. The Hall–Kier alpha value is -2.55. The maximum atomic E-state index is 13.5. The molecule has 0 spiro atoms. The lowest BCUT2D eigenvalue weighted by Crippen LogP contribution is -2.49. The van der Waals surface area contributed by atoms with E-state index in [1.807, 2.05) is 53.6 Å². The number of hydrogen-bond donors (Lipinski definition) is 3. The molecular weight excluding hydrogens is 526 g/mol. The Morgan fingerprint density at radius 2 is 2.02 bits per heavy atom. The van der Waals surface area contributed by atoms with E-state index in [4.69, 9.17) is 22.1 Å². The van der Waals surface area contributed by atoms with Crippen LogP contribution in [-0.2, 0) is 15.1 Å². The number of hydrogen-bond acceptors (Lipinski definition) is 6. The van der Waals surface area contributed by atoms with E-state index in [-0.39, 0.29) is 23.8 Å². The van der Waals surface area contributed by atoms with Crippen molar-refractivity contribution in [3.63, 3.8) is 0 Å². The lowest BCUT2D eigenvalue weighted by atomic mass is 9.72. The molecule has 4 N–H and O–H groups in total. The maximum Gasteiger partial charge on any atom is 0.225 e. The van der Waals surface area contributed by atoms with Crippen molar-refractivity contribution in [3.05, 3.63) is 65.3 Å². The first-order chi connectivity index (χ1) is 19.3. The number of carbonyl (C=O) groups excluding carboxylic acids is 1. The van der Waals surface area contributed by atoms with Gasteiger partial charge in [0.1, 0.15) is 0 Å². The first-order valence-corrected chi connectivity index (χ1v) is 14.8. The van der Waals surface area contributed by atoms with Gasteiger partial charge in [-0.25, -0.2) is 0 Å². The van der Waals surface area contributed by atoms with Crippen molar-refractivity contribution in [2.24, 2.45) is 17.6 Å². The Kier molecular flexibility index (Phi) is 9.08. The number of nitrogens with two attached hydrogens (primary N) is 1. The number of ether oxygens (including phenoxy) is 1. The van der Waals surface area contributed by atoms with Gasteiger partial charge in [-0.2, -0.15) is 0 Å². The van der Waals surface area contributed by atoms with Crippen LogP contribution in [0.1, 0.15) is 50.5 Å². The molecule has 1 amide bonds. The average Bonchev–Trinajstić information content (AvgIpc) is 3.32. The summed E-state index contributed by atoms with van der Waals surface area (Å²) in [5.74, 6) is -0.425. The molecule has 1 saturated heterocycles. The van der Waals surface area contributed by atoms with E-state index in [1.54, 1.807) is 7.11 Å². The molecule has 7 nitrogen and oxygen atoms in total. The summed E-state index contributed by atoms with van der Waals surface area (Å²) in [4.78, 5) is 20.1. The highest BCUT2D eigenvalue weighted by Gasteiger charge is 2.44. The summed E-state index contributed by atoms with van der Waals surface area (Å²) in [6, 6.07) is 15.4. The summed E-state index contributed by atoms with van der Waals surface area (Å²) in [5, 5.41) is 24.4. The monoisotopic (exact) mass is 565 g/mol. The van der Waals surface area contributed by atoms with Gasteiger partial charge in [0.15, 0.2) is 0 Å². The van der Waals surface area contributed by atoms with E-state index in [0.29, 0.717) is 44.0 Å². The van der Waals surface area contributed by atoms with Gasteiger partial charge < -0.3 is 25.6 Å². The lowest BCUT2D eigenvalue weighted by Gasteiger charge is -2.44. The highest BCUT2D eigenvalue weighted by molar-refractivity contribution is 6.33. The Morgan fingerprint density at radius 3 is 2.80 bits per heavy atom. The summed E-state index contributed by atoms with van der Waals surface area (Å²) < 4.78 is 5.29. The second kappa shape index (κ2) is 12.5. The molecule has 1 aliphatic carbocycles. The number of halogens is 1. The molecule has 0 bridgehead atoms. The molecule has 2 aromatic carbocycles. The number of amides is 1. The van der Waals surface area contributed by atoms with Gasteiger partial charge in [0.25, 0.3) is 0 Å². The third kappa shape index (κ3) is 5.90. The lowest BCUT2D eigenvalue weighted by molar-refractivity contribution is -0.141. The molecule has 214 valence electrons. The number of methoxy groups -OCH3 is 1. The van der Waals surface area contributed by atoms with Crippen LogP contribution in [0, 0.1) is 11.8 Å². The molecule has 40 heavy (non-hydrogen) atoms. The number of benzene rings is 2. The highest BCUT2D eigenvalue weighted by atomic mass is 35.5. The molecule has 1 aliphatic heterocycles. The molecule has 0 radical (unpaired) electrons. The van der Waals surface area contributed by atoms with Crippen molar-refractivity contribution in [1.29, 1.82) is 0 Å². The normalized spacial score (nSPS) is 24.8. The predicted molar refractivity (Wildman–Crippen MR) is 158 cm³/mol. The van der Waals surface area contributed by atoms with E-state index in [9.17, 15) is 15.0 Å². The van der Waals surface area contributed by atoms with Gasteiger partial charge in [-0.3, -0.25) is 9.78 Å². The molecule has 3 aromatic rings. The zero-order valence-electron chi connectivity index (χ0n) is 23.1. The first-order valence-electron chi connectivity index (χ1n) is 14.4. The fourth-order valence-electron chi connectivity index (χ4n) is 6.66. The fraction of sp³-hybridized carbons (Fsp3) is 0.500. The summed E-state index contributed by atoms with van der Waals surface area (Å²) in [5.41, 5.74) is 8.11. The van der Waals surface area contributed by atoms with Crippen molar-refractivity contribution >= 4 is 28.4 Å². The minimum absolute atomic E-state index is 0.0310. The van der Waals surface area contributed by atoms with Crippen LogP contribution < -0.4 is 5.73 Å². The number of aromatic nitrogens is 1. The number of piperidine rings is 1. The Bertz CT molecular complexity index is 1330. The zero-order valence-corrected chi connectivity index (χ0v) is 23.9. The summed E-state index contributed by atoms with van der Waals surface area (Å²) in [7, 11) is 1.68. The molecule has 2 aliphatic rings. The third-order valence-electron chi connectivity index (χ3n) is 8.85. The van der Waals surface area contributed by atoms with E-state index in [1.165, 1.54) is 0 Å². The highest BCUT2D eigenvalue weighted by Crippen LogP contribution is 2.46. The second-order valence-corrected chi connectivity index (χ2v) is 11.9. The predicted octanol–water partition coefficient (Wildman–Crippen LogP) is 4.90. The number of carbonyl (C=O) groups is 1. The van der Waals surface area contributed by atoms with Crippen LogP contribution >= 0.6 is 11.6 Å². The summed E-state index contributed by atoms with van der Waals surface area (Å²) in [6.45, 7) is 1.71. The molecule has 1 aromatic heterocycles. The minimum atomic E-state index is -1.22. The number of aliphatic hydroxyl groups excluding tert-OH is 1. The quantitative estimate of drug-likeness (QED) is 0.319. The second-order valence-electron chi connectivity index (χ2n) is 11.5. The van der Waals surface area contributed by atoms with Crippen molar-refractivity contribution in [3.8, 4) is 11.1 Å². The molecule has 1 saturated carbocycles. The van der Waals surface area contributed by atoms with Crippen LogP contribution in [0.15, 0.2) is 54.7 Å². The number of pyridine rings is 1. The SMILES string of the molecule is COCCCC[C@](O)(c1cccc(Cl)c1-c1cnc2ccccc2c1)C1CCCN(C(=O)[C@H]2C[C@@H](N)[C@@H](O)C2)C1. The van der Waals surface area contributed by atoms with E-state index < -0.39 is 11.7 Å². The number of para-hydroxylation sites is 1. The van der Waals surface area contributed by atoms with Crippen LogP contribution in [0.3, 0.4) is 0 Å². The van der Waals surface area contributed by atoms with Crippen LogP contribution in [0.2, 0.25) is 5.02 Å². The van der Waals surface area contributed by atoms with E-state index in [2.05, 4.69) is 11.1 Å². The standard InChI is InChI=1S/C32H40ClN3O4/c1-40-15-5-4-13-32(39,24-9-7-14-36(20-24)31(38)22-17-27(34)29(37)18-22)25-10-6-11-26(33)30(25)23-16-21-8-2-3-12-28(21)35-19-23/h2-3,6,8,10-12,16,19,22,24,27,29,37,39H,4-5,7,9,13-15,17-18,20,34H2,1H3/t22-,24?,27+,29-,32+/m0/s1.